The molecule has 1 aromatic rings. The van der Waals surface area contributed by atoms with Gasteiger partial charge in [-0.05, 0) is 25.1 Å². The maximum Gasteiger partial charge on any atom is 0.180 e. The smallest absolute Gasteiger partial charge is 0.180 e. The van der Waals surface area contributed by atoms with Gasteiger partial charge in [-0.15, -0.1) is 11.6 Å². The Morgan fingerprint density at radius 1 is 1.60 bits per heavy atom. The number of hydrogen-bond acceptors (Lipinski definition) is 3. The molecule has 0 saturated heterocycles. The van der Waals surface area contributed by atoms with Crippen molar-refractivity contribution in [3.8, 4) is 5.75 Å². The number of carbonyl (C=O) groups is 1. The highest BCUT2D eigenvalue weighted by Gasteiger charge is 2.16. The monoisotopic (exact) mass is 225 g/mol. The van der Waals surface area contributed by atoms with Crippen LogP contribution in [0.1, 0.15) is 17.3 Å². The number of halogens is 1. The van der Waals surface area contributed by atoms with E-state index in [1.54, 1.807) is 25.1 Å². The van der Waals surface area contributed by atoms with Crippen LogP contribution in [-0.2, 0) is 0 Å². The average Bonchev–Trinajstić information content (AvgIpc) is 2.27. The molecule has 1 heterocycles. The van der Waals surface area contributed by atoms with Crippen molar-refractivity contribution < 1.29 is 9.53 Å². The van der Waals surface area contributed by atoms with Gasteiger partial charge in [0.05, 0.1) is 11.1 Å². The van der Waals surface area contributed by atoms with Crippen molar-refractivity contribution in [1.29, 1.82) is 0 Å². The number of anilines is 1. The summed E-state index contributed by atoms with van der Waals surface area (Å²) < 4.78 is 5.41. The van der Waals surface area contributed by atoms with Gasteiger partial charge in [0.25, 0.3) is 0 Å². The molecule has 0 bridgehead atoms. The fourth-order valence-corrected chi connectivity index (χ4v) is 1.65. The van der Waals surface area contributed by atoms with E-state index in [9.17, 15) is 4.79 Å². The van der Waals surface area contributed by atoms with Crippen molar-refractivity contribution in [2.45, 2.75) is 12.3 Å². The highest BCUT2D eigenvalue weighted by atomic mass is 35.5. The zero-order valence-electron chi connectivity index (χ0n) is 8.42. The third-order valence-electron chi connectivity index (χ3n) is 2.30. The lowest BCUT2D eigenvalue weighted by molar-refractivity contribution is 0.0991. The van der Waals surface area contributed by atoms with Crippen LogP contribution in [-0.4, -0.2) is 24.3 Å². The second kappa shape index (κ2) is 4.11. The van der Waals surface area contributed by atoms with E-state index in [0.29, 0.717) is 12.2 Å². The predicted molar refractivity (Wildman–Crippen MR) is 60.1 cm³/mol. The molecule has 0 aliphatic carbocycles. The van der Waals surface area contributed by atoms with Crippen LogP contribution in [0.4, 0.5) is 5.69 Å². The van der Waals surface area contributed by atoms with E-state index in [0.717, 1.165) is 18.0 Å². The third-order valence-corrected chi connectivity index (χ3v) is 2.50. The lowest BCUT2D eigenvalue weighted by Gasteiger charge is -2.19. The maximum absolute atomic E-state index is 11.6. The average molecular weight is 226 g/mol. The number of carbonyl (C=O) groups excluding carboxylic acids is 1. The predicted octanol–water partition coefficient (Wildman–Crippen LogP) is 2.30. The van der Waals surface area contributed by atoms with E-state index in [-0.39, 0.29) is 5.78 Å². The zero-order valence-corrected chi connectivity index (χ0v) is 9.17. The first-order chi connectivity index (χ1) is 7.18. The molecule has 1 unspecified atom stereocenters. The molecule has 0 amide bonds. The lowest BCUT2D eigenvalue weighted by atomic mass is 10.1. The number of ketones is 1. The normalized spacial score (nSPS) is 15.9. The Balaban J connectivity index is 2.32. The summed E-state index contributed by atoms with van der Waals surface area (Å²) in [6.07, 6.45) is 0. The first-order valence-electron chi connectivity index (χ1n) is 4.87. The molecule has 1 aliphatic rings. The number of Topliss-reactive ketones (excluding diaryl/α,β-unsaturated/α-hetero) is 1. The number of alkyl halides is 1. The van der Waals surface area contributed by atoms with E-state index >= 15 is 0 Å². The van der Waals surface area contributed by atoms with Crippen molar-refractivity contribution in [3.05, 3.63) is 23.8 Å². The second-order valence-corrected chi connectivity index (χ2v) is 4.12. The van der Waals surface area contributed by atoms with E-state index < -0.39 is 5.38 Å². The largest absolute Gasteiger partial charge is 0.490 e. The van der Waals surface area contributed by atoms with Crippen LogP contribution in [0.2, 0.25) is 0 Å². The van der Waals surface area contributed by atoms with Crippen LogP contribution < -0.4 is 10.1 Å². The topological polar surface area (TPSA) is 38.3 Å². The van der Waals surface area contributed by atoms with Crippen molar-refractivity contribution in [2.75, 3.05) is 18.5 Å². The standard InChI is InChI=1S/C11H12ClNO2/c1-7(12)11(14)8-2-3-10-9(6-8)13-4-5-15-10/h2-3,6-7,13H,4-5H2,1H3. The highest BCUT2D eigenvalue weighted by Crippen LogP contribution is 2.28. The van der Waals surface area contributed by atoms with Crippen LogP contribution in [0.15, 0.2) is 18.2 Å². The van der Waals surface area contributed by atoms with Gasteiger partial charge in [-0.3, -0.25) is 4.79 Å². The zero-order chi connectivity index (χ0) is 10.8. The Morgan fingerprint density at radius 2 is 2.40 bits per heavy atom. The second-order valence-electron chi connectivity index (χ2n) is 3.47. The molecule has 3 nitrogen and oxygen atoms in total. The van der Waals surface area contributed by atoms with Crippen LogP contribution >= 0.6 is 11.6 Å². The summed E-state index contributed by atoms with van der Waals surface area (Å²) >= 11 is 5.74. The molecular weight excluding hydrogens is 214 g/mol. The molecule has 4 heteroatoms. The minimum absolute atomic E-state index is 0.0631. The SMILES string of the molecule is CC(Cl)C(=O)c1ccc2c(c1)NCCO2. The first kappa shape index (κ1) is 10.3. The fourth-order valence-electron chi connectivity index (χ4n) is 1.52. The van der Waals surface area contributed by atoms with Gasteiger partial charge in [0.15, 0.2) is 5.78 Å². The van der Waals surface area contributed by atoms with Crippen LogP contribution in [0.5, 0.6) is 5.75 Å². The molecule has 0 aromatic heterocycles. The van der Waals surface area contributed by atoms with Crippen LogP contribution in [0.3, 0.4) is 0 Å². The van der Waals surface area contributed by atoms with Crippen LogP contribution in [0.25, 0.3) is 0 Å². The molecule has 1 aromatic carbocycles. The number of rotatable bonds is 2. The number of ether oxygens (including phenoxy) is 1. The van der Waals surface area contributed by atoms with Gasteiger partial charge in [-0.25, -0.2) is 0 Å². The van der Waals surface area contributed by atoms with Gasteiger partial charge >= 0.3 is 0 Å². The first-order valence-corrected chi connectivity index (χ1v) is 5.31. The molecule has 0 radical (unpaired) electrons. The van der Waals surface area contributed by atoms with Gasteiger partial charge in [-0.2, -0.15) is 0 Å². The molecule has 0 fully saturated rings. The summed E-state index contributed by atoms with van der Waals surface area (Å²) in [5, 5.41) is 2.68. The molecule has 1 N–H and O–H groups in total. The van der Waals surface area contributed by atoms with Crippen molar-refractivity contribution in [1.82, 2.24) is 0 Å². The Morgan fingerprint density at radius 3 is 3.13 bits per heavy atom. The number of nitrogens with one attached hydrogen (secondary N) is 1. The molecule has 0 spiro atoms. The molecule has 1 atom stereocenters. The molecule has 15 heavy (non-hydrogen) atoms. The lowest BCUT2D eigenvalue weighted by Crippen LogP contribution is -2.19. The number of fused-ring (bicyclic) bond motifs is 1. The Kier molecular flexibility index (Phi) is 2.82. The van der Waals surface area contributed by atoms with Crippen LogP contribution in [0, 0.1) is 0 Å². The quantitative estimate of drug-likeness (QED) is 0.620. The van der Waals surface area contributed by atoms with E-state index in [1.165, 1.54) is 0 Å². The third kappa shape index (κ3) is 2.07. The molecule has 0 saturated carbocycles. The minimum atomic E-state index is -0.493. The maximum atomic E-state index is 11.6. The highest BCUT2D eigenvalue weighted by molar-refractivity contribution is 6.33. The fraction of sp³-hybridized carbons (Fsp3) is 0.364. The molecule has 80 valence electrons. The van der Waals surface area contributed by atoms with Gasteiger partial charge in [0.1, 0.15) is 12.4 Å². The summed E-state index contributed by atoms with van der Waals surface area (Å²) in [4.78, 5) is 11.6. The Labute approximate surface area is 93.4 Å². The summed E-state index contributed by atoms with van der Waals surface area (Å²) in [5.74, 6) is 0.729. The number of hydrogen-bond donors (Lipinski definition) is 1. The van der Waals surface area contributed by atoms with E-state index in [1.807, 2.05) is 0 Å². The Hall–Kier alpha value is -1.22. The summed E-state index contributed by atoms with van der Waals surface area (Å²) in [6, 6.07) is 5.33. The van der Waals surface area contributed by atoms with E-state index in [4.69, 9.17) is 16.3 Å². The van der Waals surface area contributed by atoms with Gasteiger partial charge in [-0.1, -0.05) is 0 Å². The Bertz CT molecular complexity index is 390. The van der Waals surface area contributed by atoms with Gasteiger partial charge < -0.3 is 10.1 Å². The molecule has 2 rings (SSSR count). The van der Waals surface area contributed by atoms with Gasteiger partial charge in [0, 0.05) is 12.1 Å². The number of benzene rings is 1. The summed E-state index contributed by atoms with van der Waals surface area (Å²) in [5.41, 5.74) is 1.48. The molecular formula is C11H12ClNO2. The van der Waals surface area contributed by atoms with E-state index in [2.05, 4.69) is 5.32 Å². The summed E-state index contributed by atoms with van der Waals surface area (Å²) in [7, 11) is 0. The van der Waals surface area contributed by atoms with Gasteiger partial charge in [0.2, 0.25) is 0 Å². The summed E-state index contributed by atoms with van der Waals surface area (Å²) in [6.45, 7) is 3.10. The van der Waals surface area contributed by atoms with Crippen molar-refractivity contribution in [2.24, 2.45) is 0 Å². The molecule has 1 aliphatic heterocycles. The van der Waals surface area contributed by atoms with Crippen molar-refractivity contribution >= 4 is 23.1 Å². The minimum Gasteiger partial charge on any atom is -0.490 e. The van der Waals surface area contributed by atoms with Crippen molar-refractivity contribution in [3.63, 3.8) is 0 Å².